The van der Waals surface area contributed by atoms with Crippen LogP contribution in [0, 0.1) is 0 Å². The third-order valence-corrected chi connectivity index (χ3v) is 7.03. The molecule has 212 valence electrons. The summed E-state index contributed by atoms with van der Waals surface area (Å²) in [5.74, 6) is 1.07. The number of carbonyl (C=O) groups is 1. The third-order valence-electron chi connectivity index (χ3n) is 7.03. The lowest BCUT2D eigenvalue weighted by molar-refractivity contribution is 0.0589. The zero-order valence-electron chi connectivity index (χ0n) is 24.1. The highest BCUT2D eigenvalue weighted by molar-refractivity contribution is 5.89. The van der Waals surface area contributed by atoms with Crippen molar-refractivity contribution in [3.63, 3.8) is 0 Å². The fraction of sp³-hybridized carbons (Fsp3) is 0.367. The lowest BCUT2D eigenvalue weighted by Crippen LogP contribution is -2.34. The van der Waals surface area contributed by atoms with Crippen molar-refractivity contribution in [2.24, 2.45) is 0 Å². The predicted octanol–water partition coefficient (Wildman–Crippen LogP) is 5.52. The van der Waals surface area contributed by atoms with Crippen molar-refractivity contribution in [3.8, 4) is 17.4 Å². The summed E-state index contributed by atoms with van der Waals surface area (Å²) in [5, 5.41) is 4.70. The maximum atomic E-state index is 12.7. The third kappa shape index (κ3) is 5.03. The van der Waals surface area contributed by atoms with E-state index in [-0.39, 0.29) is 5.54 Å². The highest BCUT2D eigenvalue weighted by Gasteiger charge is 2.36. The van der Waals surface area contributed by atoms with Crippen molar-refractivity contribution >= 4 is 39.7 Å². The van der Waals surface area contributed by atoms with Crippen molar-refractivity contribution in [1.29, 1.82) is 0 Å². The van der Waals surface area contributed by atoms with Gasteiger partial charge in [0.05, 0.1) is 17.4 Å². The number of nitrogens with zero attached hydrogens (tertiary/aromatic N) is 6. The summed E-state index contributed by atoms with van der Waals surface area (Å²) in [4.78, 5) is 36.4. The van der Waals surface area contributed by atoms with Gasteiger partial charge in [0.1, 0.15) is 12.2 Å². The number of hydrogen-bond donors (Lipinski definition) is 2. The molecule has 5 aromatic rings. The fourth-order valence-electron chi connectivity index (χ4n) is 4.96. The van der Waals surface area contributed by atoms with E-state index in [0.29, 0.717) is 53.2 Å². The Labute approximate surface area is 237 Å². The summed E-state index contributed by atoms with van der Waals surface area (Å²) in [5.41, 5.74) is 3.94. The molecule has 0 radical (unpaired) electrons. The van der Waals surface area contributed by atoms with Crippen molar-refractivity contribution in [3.05, 3.63) is 54.5 Å². The normalized spacial score (nSPS) is 14.2. The molecule has 2 N–H and O–H groups in total. The van der Waals surface area contributed by atoms with E-state index in [1.807, 2.05) is 49.7 Å². The minimum absolute atomic E-state index is 0.325. The molecule has 0 saturated carbocycles. The summed E-state index contributed by atoms with van der Waals surface area (Å²) in [7, 11) is 1.65. The van der Waals surface area contributed by atoms with E-state index in [0.717, 1.165) is 11.9 Å². The Kier molecular flexibility index (Phi) is 6.32. The molecule has 6 rings (SSSR count). The highest BCUT2D eigenvalue weighted by atomic mass is 16.6. The zero-order chi connectivity index (χ0) is 28.9. The first kappa shape index (κ1) is 26.5. The lowest BCUT2D eigenvalue weighted by Gasteiger charge is -2.24. The molecule has 11 heteroatoms. The van der Waals surface area contributed by atoms with Gasteiger partial charge in [0.2, 0.25) is 0 Å². The van der Waals surface area contributed by atoms with Gasteiger partial charge in [-0.2, -0.15) is 4.98 Å². The van der Waals surface area contributed by atoms with E-state index in [1.54, 1.807) is 19.4 Å². The molecule has 1 aliphatic heterocycles. The van der Waals surface area contributed by atoms with Crippen molar-refractivity contribution < 1.29 is 14.3 Å². The molecule has 5 heterocycles. The van der Waals surface area contributed by atoms with E-state index in [1.165, 1.54) is 15.8 Å². The molecular formula is C30H34N8O3. The first-order chi connectivity index (χ1) is 19.5. The van der Waals surface area contributed by atoms with Crippen LogP contribution in [0.5, 0.6) is 6.01 Å². The van der Waals surface area contributed by atoms with Crippen LogP contribution in [-0.4, -0.2) is 61.4 Å². The standard InChI is InChI=1S/C30H34N8O3/c1-29(2,3)41-28(39)37(6)20-13-19(14-31-16-20)24-35-25(23-26(36-24)38-27(34-23)40-17-30(38,4)5)32-12-11-18-15-33-22-10-8-7-9-21(18)22/h7-10,13-16,33H,11-12,17H2,1-6H3,(H,32,35,36). The van der Waals surface area contributed by atoms with Crippen LogP contribution in [0.25, 0.3) is 33.5 Å². The average Bonchev–Trinajstić information content (AvgIpc) is 3.60. The van der Waals surface area contributed by atoms with Crippen LogP contribution in [-0.2, 0) is 16.7 Å². The molecule has 0 spiro atoms. The Balaban J connectivity index is 1.36. The van der Waals surface area contributed by atoms with E-state index in [4.69, 9.17) is 24.4 Å². The molecule has 0 bridgehead atoms. The number of para-hydroxylation sites is 1. The van der Waals surface area contributed by atoms with Gasteiger partial charge in [-0.15, -0.1) is 0 Å². The van der Waals surface area contributed by atoms with Crippen LogP contribution in [0.15, 0.2) is 48.9 Å². The maximum Gasteiger partial charge on any atom is 0.414 e. The second-order valence-corrected chi connectivity index (χ2v) is 11.9. The van der Waals surface area contributed by atoms with E-state index in [2.05, 4.69) is 41.3 Å². The van der Waals surface area contributed by atoms with Gasteiger partial charge in [-0.05, 0) is 58.7 Å². The first-order valence-electron chi connectivity index (χ1n) is 13.6. The summed E-state index contributed by atoms with van der Waals surface area (Å²) >= 11 is 0. The monoisotopic (exact) mass is 554 g/mol. The summed E-state index contributed by atoms with van der Waals surface area (Å²) < 4.78 is 13.5. The van der Waals surface area contributed by atoms with Crippen molar-refractivity contribution in [2.75, 3.05) is 30.4 Å². The number of pyridine rings is 1. The highest BCUT2D eigenvalue weighted by Crippen LogP contribution is 2.37. The Morgan fingerprint density at radius 3 is 2.80 bits per heavy atom. The van der Waals surface area contributed by atoms with Gasteiger partial charge in [-0.25, -0.2) is 14.8 Å². The van der Waals surface area contributed by atoms with E-state index < -0.39 is 11.7 Å². The molecule has 11 nitrogen and oxygen atoms in total. The number of hydrogen-bond acceptors (Lipinski definition) is 8. The molecule has 0 saturated heterocycles. The smallest absolute Gasteiger partial charge is 0.414 e. The molecule has 1 aromatic carbocycles. The number of benzene rings is 1. The van der Waals surface area contributed by atoms with Crippen molar-refractivity contribution in [2.45, 2.75) is 52.2 Å². The van der Waals surface area contributed by atoms with Gasteiger partial charge < -0.3 is 19.8 Å². The second-order valence-electron chi connectivity index (χ2n) is 11.9. The number of aromatic amines is 1. The van der Waals surface area contributed by atoms with E-state index >= 15 is 0 Å². The number of ether oxygens (including phenoxy) is 2. The van der Waals surface area contributed by atoms with Gasteiger partial charge in [0.25, 0.3) is 6.01 Å². The van der Waals surface area contributed by atoms with Gasteiger partial charge in [-0.3, -0.25) is 14.5 Å². The molecule has 1 aliphatic rings. The zero-order valence-corrected chi connectivity index (χ0v) is 24.1. The molecular weight excluding hydrogens is 520 g/mol. The van der Waals surface area contributed by atoms with Crippen LogP contribution < -0.4 is 15.0 Å². The van der Waals surface area contributed by atoms with E-state index in [9.17, 15) is 4.79 Å². The Morgan fingerprint density at radius 1 is 1.20 bits per heavy atom. The number of fused-ring (bicyclic) bond motifs is 4. The van der Waals surface area contributed by atoms with Crippen LogP contribution in [0.3, 0.4) is 0 Å². The second kappa shape index (κ2) is 9.76. The molecule has 0 unspecified atom stereocenters. The van der Waals surface area contributed by atoms with Gasteiger partial charge in [-0.1, -0.05) is 18.2 Å². The molecule has 0 atom stereocenters. The number of imidazole rings is 1. The summed E-state index contributed by atoms with van der Waals surface area (Å²) in [6, 6.07) is 10.6. The lowest BCUT2D eigenvalue weighted by atomic mass is 10.1. The van der Waals surface area contributed by atoms with Gasteiger partial charge >= 0.3 is 6.09 Å². The summed E-state index contributed by atoms with van der Waals surface area (Å²) in [6.45, 7) is 10.8. The van der Waals surface area contributed by atoms with Gasteiger partial charge in [0, 0.05) is 42.5 Å². The first-order valence-corrected chi connectivity index (χ1v) is 13.6. The topological polar surface area (TPSA) is 123 Å². The maximum absolute atomic E-state index is 12.7. The minimum atomic E-state index is -0.616. The molecule has 4 aromatic heterocycles. The Hall–Kier alpha value is -4.67. The van der Waals surface area contributed by atoms with Crippen molar-refractivity contribution in [1.82, 2.24) is 29.5 Å². The quantitative estimate of drug-likeness (QED) is 0.281. The molecule has 0 aliphatic carbocycles. The fourth-order valence-corrected chi connectivity index (χ4v) is 4.96. The minimum Gasteiger partial charge on any atom is -0.462 e. The number of H-pyrrole nitrogens is 1. The Morgan fingerprint density at radius 2 is 2.00 bits per heavy atom. The number of anilines is 2. The summed E-state index contributed by atoms with van der Waals surface area (Å²) in [6.07, 6.45) is 5.66. The number of aromatic nitrogens is 6. The van der Waals surface area contributed by atoms with Gasteiger partial charge in [0.15, 0.2) is 22.8 Å². The number of amides is 1. The SMILES string of the molecule is CN(C(=O)OC(C)(C)C)c1cncc(-c2nc(NCCc3c[nH]c4ccccc34)c3nc4n(c3n2)C(C)(C)CO4)c1. The van der Waals surface area contributed by atoms with Crippen LogP contribution >= 0.6 is 0 Å². The number of carbonyl (C=O) groups excluding carboxylic acids is 1. The van der Waals surface area contributed by atoms with Crippen LogP contribution in [0.1, 0.15) is 40.2 Å². The molecule has 0 fully saturated rings. The molecule has 1 amide bonds. The average molecular weight is 555 g/mol. The Bertz CT molecular complexity index is 1770. The number of nitrogens with one attached hydrogen (secondary N) is 2. The van der Waals surface area contributed by atoms with Crippen LogP contribution in [0.4, 0.5) is 16.3 Å². The number of rotatable bonds is 6. The van der Waals surface area contributed by atoms with Crippen LogP contribution in [0.2, 0.25) is 0 Å². The molecule has 41 heavy (non-hydrogen) atoms. The largest absolute Gasteiger partial charge is 0.462 e. The predicted molar refractivity (Wildman–Crippen MR) is 159 cm³/mol.